The molecule has 19 heavy (non-hydrogen) atoms. The Morgan fingerprint density at radius 1 is 1.05 bits per heavy atom. The Morgan fingerprint density at radius 2 is 1.58 bits per heavy atom. The molecule has 0 aromatic heterocycles. The van der Waals surface area contributed by atoms with Crippen LogP contribution < -0.4 is 0 Å². The summed E-state index contributed by atoms with van der Waals surface area (Å²) in [5, 5.41) is 0. The third-order valence-corrected chi connectivity index (χ3v) is 2.88. The molecule has 3 nitrogen and oxygen atoms in total. The van der Waals surface area contributed by atoms with E-state index in [2.05, 4.69) is 0 Å². The number of benzene rings is 1. The maximum absolute atomic E-state index is 12.2. The molecule has 0 bridgehead atoms. The monoisotopic (exact) mass is 262 g/mol. The molecule has 1 aromatic rings. The predicted octanol–water partition coefficient (Wildman–Crippen LogP) is 3.53. The minimum atomic E-state index is -0.314. The summed E-state index contributed by atoms with van der Waals surface area (Å²) in [6.45, 7) is 9.47. The molecule has 1 aromatic carbocycles. The van der Waals surface area contributed by atoms with Crippen LogP contribution in [0.25, 0.3) is 0 Å². The Balaban J connectivity index is 2.72. The summed E-state index contributed by atoms with van der Waals surface area (Å²) in [7, 11) is 0. The number of hydrogen-bond acceptors (Lipinski definition) is 3. The number of aryl methyl sites for hydroxylation is 3. The SMILES string of the molecule is Cc1cc(C)c(C(=O)CCC(=O)OC(C)C)c(C)c1. The molecular formula is C16H22O3. The first-order valence-corrected chi connectivity index (χ1v) is 6.61. The van der Waals surface area contributed by atoms with Crippen molar-refractivity contribution in [3.8, 4) is 0 Å². The number of rotatable bonds is 5. The molecule has 1 rings (SSSR count). The second-order valence-corrected chi connectivity index (χ2v) is 5.24. The number of Topliss-reactive ketones (excluding diaryl/α,β-unsaturated/α-hetero) is 1. The van der Waals surface area contributed by atoms with Crippen LogP contribution in [0.15, 0.2) is 12.1 Å². The van der Waals surface area contributed by atoms with Crippen LogP contribution in [-0.2, 0) is 9.53 Å². The molecule has 0 radical (unpaired) electrons. The second-order valence-electron chi connectivity index (χ2n) is 5.24. The highest BCUT2D eigenvalue weighted by Gasteiger charge is 2.15. The van der Waals surface area contributed by atoms with Gasteiger partial charge < -0.3 is 4.74 Å². The topological polar surface area (TPSA) is 43.4 Å². The van der Waals surface area contributed by atoms with Crippen molar-refractivity contribution in [1.29, 1.82) is 0 Å². The largest absolute Gasteiger partial charge is 0.463 e. The predicted molar refractivity (Wildman–Crippen MR) is 75.4 cm³/mol. The van der Waals surface area contributed by atoms with Gasteiger partial charge in [0.1, 0.15) is 0 Å². The van der Waals surface area contributed by atoms with Crippen LogP contribution in [0.5, 0.6) is 0 Å². The quantitative estimate of drug-likeness (QED) is 0.602. The van der Waals surface area contributed by atoms with Crippen molar-refractivity contribution in [3.63, 3.8) is 0 Å². The lowest BCUT2D eigenvalue weighted by Crippen LogP contribution is -2.14. The first kappa shape index (κ1) is 15.4. The summed E-state index contributed by atoms with van der Waals surface area (Å²) in [5.41, 5.74) is 3.83. The molecule has 0 heterocycles. The maximum atomic E-state index is 12.2. The Labute approximate surface area is 115 Å². The van der Waals surface area contributed by atoms with Crippen molar-refractivity contribution < 1.29 is 14.3 Å². The lowest BCUT2D eigenvalue weighted by Gasteiger charge is -2.11. The van der Waals surface area contributed by atoms with Gasteiger partial charge in [0.15, 0.2) is 5.78 Å². The number of ketones is 1. The van der Waals surface area contributed by atoms with Crippen molar-refractivity contribution in [2.45, 2.75) is 53.6 Å². The zero-order valence-corrected chi connectivity index (χ0v) is 12.4. The maximum Gasteiger partial charge on any atom is 0.306 e. The Kier molecular flexibility index (Phi) is 5.28. The molecular weight excluding hydrogens is 240 g/mol. The minimum Gasteiger partial charge on any atom is -0.463 e. The van der Waals surface area contributed by atoms with E-state index in [1.165, 1.54) is 0 Å². The van der Waals surface area contributed by atoms with Gasteiger partial charge in [0.25, 0.3) is 0 Å². The molecule has 3 heteroatoms. The highest BCUT2D eigenvalue weighted by Crippen LogP contribution is 2.19. The van der Waals surface area contributed by atoms with Gasteiger partial charge in [-0.2, -0.15) is 0 Å². The highest BCUT2D eigenvalue weighted by molar-refractivity contribution is 6.00. The van der Waals surface area contributed by atoms with E-state index in [1.54, 1.807) is 13.8 Å². The van der Waals surface area contributed by atoms with Crippen molar-refractivity contribution in [2.75, 3.05) is 0 Å². The normalized spacial score (nSPS) is 10.6. The minimum absolute atomic E-state index is 0.00991. The van der Waals surface area contributed by atoms with E-state index in [0.29, 0.717) is 0 Å². The molecule has 0 saturated carbocycles. The first-order valence-electron chi connectivity index (χ1n) is 6.61. The summed E-state index contributed by atoms with van der Waals surface area (Å²) in [4.78, 5) is 23.6. The Morgan fingerprint density at radius 3 is 2.05 bits per heavy atom. The second kappa shape index (κ2) is 6.50. The molecule has 0 unspecified atom stereocenters. The van der Waals surface area contributed by atoms with Gasteiger partial charge in [-0.25, -0.2) is 0 Å². The fourth-order valence-corrected chi connectivity index (χ4v) is 2.28. The van der Waals surface area contributed by atoms with Crippen LogP contribution in [0.2, 0.25) is 0 Å². The third-order valence-electron chi connectivity index (χ3n) is 2.88. The van der Waals surface area contributed by atoms with Crippen molar-refractivity contribution >= 4 is 11.8 Å². The number of esters is 1. The van der Waals surface area contributed by atoms with E-state index in [1.807, 2.05) is 32.9 Å². The zero-order valence-electron chi connectivity index (χ0n) is 12.4. The smallest absolute Gasteiger partial charge is 0.306 e. The lowest BCUT2D eigenvalue weighted by atomic mass is 9.94. The van der Waals surface area contributed by atoms with Gasteiger partial charge in [-0.15, -0.1) is 0 Å². The average molecular weight is 262 g/mol. The summed E-state index contributed by atoms with van der Waals surface area (Å²) in [6, 6.07) is 3.99. The summed E-state index contributed by atoms with van der Waals surface area (Å²) in [6.07, 6.45) is 0.213. The average Bonchev–Trinajstić information content (AvgIpc) is 2.23. The van der Waals surface area contributed by atoms with Crippen molar-refractivity contribution in [2.24, 2.45) is 0 Å². The van der Waals surface area contributed by atoms with Gasteiger partial charge in [0, 0.05) is 12.0 Å². The van der Waals surface area contributed by atoms with Gasteiger partial charge in [0.05, 0.1) is 12.5 Å². The van der Waals surface area contributed by atoms with E-state index in [0.717, 1.165) is 22.3 Å². The lowest BCUT2D eigenvalue weighted by molar-refractivity contribution is -0.147. The molecule has 0 N–H and O–H groups in total. The number of hydrogen-bond donors (Lipinski definition) is 0. The Bertz CT molecular complexity index is 464. The molecule has 0 fully saturated rings. The van der Waals surface area contributed by atoms with Gasteiger partial charge >= 0.3 is 5.97 Å². The molecule has 0 aliphatic heterocycles. The van der Waals surface area contributed by atoms with E-state index >= 15 is 0 Å². The van der Waals surface area contributed by atoms with Crippen LogP contribution >= 0.6 is 0 Å². The van der Waals surface area contributed by atoms with Crippen LogP contribution in [-0.4, -0.2) is 17.9 Å². The van der Waals surface area contributed by atoms with E-state index in [4.69, 9.17) is 4.74 Å². The highest BCUT2D eigenvalue weighted by atomic mass is 16.5. The number of carbonyl (C=O) groups excluding carboxylic acids is 2. The van der Waals surface area contributed by atoms with Crippen LogP contribution in [0.3, 0.4) is 0 Å². The first-order chi connectivity index (χ1) is 8.81. The molecule has 0 spiro atoms. The van der Waals surface area contributed by atoms with Gasteiger partial charge in [0.2, 0.25) is 0 Å². The number of ether oxygens (including phenoxy) is 1. The van der Waals surface area contributed by atoms with E-state index in [-0.39, 0.29) is 30.7 Å². The van der Waals surface area contributed by atoms with Crippen molar-refractivity contribution in [3.05, 3.63) is 34.4 Å². The van der Waals surface area contributed by atoms with Gasteiger partial charge in [-0.05, 0) is 45.7 Å². The van der Waals surface area contributed by atoms with Crippen LogP contribution in [0.4, 0.5) is 0 Å². The van der Waals surface area contributed by atoms with E-state index < -0.39 is 0 Å². The van der Waals surface area contributed by atoms with Crippen LogP contribution in [0, 0.1) is 20.8 Å². The third kappa shape index (κ3) is 4.51. The molecule has 0 amide bonds. The molecule has 0 atom stereocenters. The van der Waals surface area contributed by atoms with Gasteiger partial charge in [-0.3, -0.25) is 9.59 Å². The molecule has 0 aliphatic carbocycles. The fraction of sp³-hybridized carbons (Fsp3) is 0.500. The van der Waals surface area contributed by atoms with Crippen LogP contribution in [0.1, 0.15) is 53.7 Å². The van der Waals surface area contributed by atoms with Crippen molar-refractivity contribution in [1.82, 2.24) is 0 Å². The standard InChI is InChI=1S/C16H22O3/c1-10(2)19-15(18)7-6-14(17)16-12(4)8-11(3)9-13(16)5/h8-10H,6-7H2,1-5H3. The zero-order chi connectivity index (χ0) is 14.6. The Hall–Kier alpha value is -1.64. The number of carbonyl (C=O) groups is 2. The molecule has 104 valence electrons. The van der Waals surface area contributed by atoms with Gasteiger partial charge in [-0.1, -0.05) is 17.7 Å². The molecule has 0 aliphatic rings. The molecule has 0 saturated heterocycles. The van der Waals surface area contributed by atoms with E-state index in [9.17, 15) is 9.59 Å². The summed E-state index contributed by atoms with van der Waals surface area (Å²) in [5.74, 6) is -0.304. The summed E-state index contributed by atoms with van der Waals surface area (Å²) < 4.78 is 5.02. The summed E-state index contributed by atoms with van der Waals surface area (Å²) >= 11 is 0. The fourth-order valence-electron chi connectivity index (χ4n) is 2.28.